The van der Waals surface area contributed by atoms with Crippen molar-refractivity contribution < 1.29 is 18.7 Å². The minimum atomic E-state index is -2.10. The first-order valence-corrected chi connectivity index (χ1v) is 6.47. The monoisotopic (exact) mass is 328 g/mol. The molecule has 0 heterocycles. The van der Waals surface area contributed by atoms with E-state index in [-0.39, 0.29) is 12.8 Å². The molecule has 0 amide bonds. The summed E-state index contributed by atoms with van der Waals surface area (Å²) in [5.41, 5.74) is -1.11. The fourth-order valence-corrected chi connectivity index (χ4v) is 1.84. The second-order valence-corrected chi connectivity index (χ2v) is 5.19. The van der Waals surface area contributed by atoms with Crippen LogP contribution in [0.5, 0.6) is 0 Å². The number of halogens is 2. The molecule has 0 aliphatic rings. The molecular weight excluding hydrogens is 315 g/mol. The van der Waals surface area contributed by atoms with E-state index < -0.39 is 11.6 Å². The number of benzene rings is 1. The standard InChI is InChI=1S/C14H14BrFO3/c1-14(16,13(18)19-2)8-7-11(9-17)10-3-5-12(15)6-4-10/h3-6H,7-8H2,1-2H3. The number of methoxy groups -OCH3 is 1. The summed E-state index contributed by atoms with van der Waals surface area (Å²) in [5, 5.41) is 0. The number of rotatable bonds is 5. The molecule has 0 fully saturated rings. The molecule has 0 radical (unpaired) electrons. The van der Waals surface area contributed by atoms with E-state index in [1.807, 2.05) is 0 Å². The van der Waals surface area contributed by atoms with Gasteiger partial charge in [0.2, 0.25) is 5.67 Å². The maximum atomic E-state index is 13.9. The lowest BCUT2D eigenvalue weighted by molar-refractivity contribution is -0.153. The van der Waals surface area contributed by atoms with Gasteiger partial charge in [0.15, 0.2) is 0 Å². The molecule has 102 valence electrons. The summed E-state index contributed by atoms with van der Waals surface area (Å²) in [5.74, 6) is 0.863. The average molecular weight is 329 g/mol. The van der Waals surface area contributed by atoms with Crippen molar-refractivity contribution in [2.24, 2.45) is 0 Å². The summed E-state index contributed by atoms with van der Waals surface area (Å²) < 4.78 is 19.2. The molecule has 1 rings (SSSR count). The average Bonchev–Trinajstić information content (AvgIpc) is 2.40. The van der Waals surface area contributed by atoms with Crippen LogP contribution in [-0.2, 0) is 14.3 Å². The maximum Gasteiger partial charge on any atom is 0.343 e. The van der Waals surface area contributed by atoms with Gasteiger partial charge in [-0.05, 0) is 37.5 Å². The summed E-state index contributed by atoms with van der Waals surface area (Å²) >= 11 is 3.29. The molecule has 0 aliphatic carbocycles. The van der Waals surface area contributed by atoms with Crippen molar-refractivity contribution in [3.8, 4) is 0 Å². The van der Waals surface area contributed by atoms with Gasteiger partial charge in [0, 0.05) is 10.0 Å². The van der Waals surface area contributed by atoms with Crippen LogP contribution in [0, 0.1) is 0 Å². The maximum absolute atomic E-state index is 13.9. The van der Waals surface area contributed by atoms with Gasteiger partial charge in [-0.2, -0.15) is 0 Å². The van der Waals surface area contributed by atoms with Crippen LogP contribution >= 0.6 is 15.9 Å². The smallest absolute Gasteiger partial charge is 0.343 e. The van der Waals surface area contributed by atoms with E-state index >= 15 is 0 Å². The molecule has 0 saturated heterocycles. The third-order valence-corrected chi connectivity index (χ3v) is 3.30. The summed E-state index contributed by atoms with van der Waals surface area (Å²) in [4.78, 5) is 22.1. The van der Waals surface area contributed by atoms with Crippen LogP contribution < -0.4 is 0 Å². The molecule has 19 heavy (non-hydrogen) atoms. The first-order chi connectivity index (χ1) is 8.90. The Morgan fingerprint density at radius 3 is 2.47 bits per heavy atom. The molecule has 0 aromatic heterocycles. The second kappa shape index (κ2) is 6.64. The molecule has 0 aliphatic heterocycles. The summed E-state index contributed by atoms with van der Waals surface area (Å²) in [6, 6.07) is 7.03. The first kappa shape index (κ1) is 15.6. The van der Waals surface area contributed by atoms with Gasteiger partial charge in [-0.15, -0.1) is 0 Å². The Morgan fingerprint density at radius 2 is 2.00 bits per heavy atom. The number of esters is 1. The molecule has 0 bridgehead atoms. The molecule has 1 aromatic rings. The molecule has 3 nitrogen and oxygen atoms in total. The van der Waals surface area contributed by atoms with Gasteiger partial charge in [0.1, 0.15) is 5.94 Å². The molecule has 0 spiro atoms. The highest BCUT2D eigenvalue weighted by atomic mass is 79.9. The van der Waals surface area contributed by atoms with Gasteiger partial charge >= 0.3 is 5.97 Å². The zero-order valence-electron chi connectivity index (χ0n) is 10.7. The van der Waals surface area contributed by atoms with Crippen molar-refractivity contribution in [1.82, 2.24) is 0 Å². The Morgan fingerprint density at radius 1 is 1.42 bits per heavy atom. The van der Waals surface area contributed by atoms with E-state index in [1.165, 1.54) is 0 Å². The zero-order valence-corrected chi connectivity index (χ0v) is 12.3. The molecule has 0 N–H and O–H groups in total. The lowest BCUT2D eigenvalue weighted by Gasteiger charge is -2.17. The number of carbonyl (C=O) groups is 1. The topological polar surface area (TPSA) is 43.4 Å². The highest BCUT2D eigenvalue weighted by Gasteiger charge is 2.34. The largest absolute Gasteiger partial charge is 0.467 e. The van der Waals surface area contributed by atoms with Crippen LogP contribution in [0.2, 0.25) is 0 Å². The van der Waals surface area contributed by atoms with E-state index in [9.17, 15) is 14.0 Å². The molecule has 5 heteroatoms. The van der Waals surface area contributed by atoms with Crippen molar-refractivity contribution in [2.45, 2.75) is 25.4 Å². The number of hydrogen-bond donors (Lipinski definition) is 0. The normalized spacial score (nSPS) is 13.3. The third kappa shape index (κ3) is 4.30. The fraction of sp³-hybridized carbons (Fsp3) is 0.357. The predicted molar refractivity (Wildman–Crippen MR) is 74.0 cm³/mol. The van der Waals surface area contributed by atoms with Crippen LogP contribution in [0.25, 0.3) is 5.57 Å². The van der Waals surface area contributed by atoms with E-state index in [4.69, 9.17) is 0 Å². The van der Waals surface area contributed by atoms with Crippen molar-refractivity contribution in [2.75, 3.05) is 7.11 Å². The Labute approximate surface area is 119 Å². The van der Waals surface area contributed by atoms with E-state index in [0.717, 1.165) is 18.5 Å². The van der Waals surface area contributed by atoms with E-state index in [0.29, 0.717) is 11.1 Å². The van der Waals surface area contributed by atoms with Gasteiger partial charge < -0.3 is 4.74 Å². The highest BCUT2D eigenvalue weighted by Crippen LogP contribution is 2.26. The lowest BCUT2D eigenvalue weighted by Crippen LogP contribution is -2.31. The van der Waals surface area contributed by atoms with Crippen molar-refractivity contribution in [3.05, 3.63) is 34.3 Å². The number of allylic oxidation sites excluding steroid dienone is 1. The SMILES string of the molecule is COC(=O)C(C)(F)CCC(=C=O)c1ccc(Br)cc1. The zero-order chi connectivity index (χ0) is 14.5. The highest BCUT2D eigenvalue weighted by molar-refractivity contribution is 9.10. The Hall–Kier alpha value is -1.45. The third-order valence-electron chi connectivity index (χ3n) is 2.77. The van der Waals surface area contributed by atoms with Crippen molar-refractivity contribution in [3.63, 3.8) is 0 Å². The number of carbonyl (C=O) groups excluding carboxylic acids is 2. The van der Waals surface area contributed by atoms with E-state index in [1.54, 1.807) is 30.2 Å². The van der Waals surface area contributed by atoms with Gasteiger partial charge in [-0.1, -0.05) is 28.1 Å². The molecular formula is C14H14BrFO3. The van der Waals surface area contributed by atoms with Crippen LogP contribution in [0.15, 0.2) is 28.7 Å². The molecule has 0 saturated carbocycles. The predicted octanol–water partition coefficient (Wildman–Crippen LogP) is 3.35. The summed E-state index contributed by atoms with van der Waals surface area (Å²) in [6.45, 7) is 1.14. The quantitative estimate of drug-likeness (QED) is 0.615. The summed E-state index contributed by atoms with van der Waals surface area (Å²) in [7, 11) is 1.13. The van der Waals surface area contributed by atoms with Gasteiger partial charge in [-0.3, -0.25) is 0 Å². The number of alkyl halides is 1. The Kier molecular flexibility index (Phi) is 5.45. The minimum absolute atomic E-state index is 0.118. The van der Waals surface area contributed by atoms with Gasteiger partial charge in [0.05, 0.1) is 7.11 Å². The Balaban J connectivity index is 2.77. The Bertz CT molecular complexity index is 502. The number of ether oxygens (including phenoxy) is 1. The van der Waals surface area contributed by atoms with Crippen molar-refractivity contribution in [1.29, 1.82) is 0 Å². The number of hydrogen-bond acceptors (Lipinski definition) is 3. The first-order valence-electron chi connectivity index (χ1n) is 5.68. The van der Waals surface area contributed by atoms with Crippen molar-refractivity contribution >= 4 is 33.4 Å². The van der Waals surface area contributed by atoms with Crippen LogP contribution in [0.3, 0.4) is 0 Å². The molecule has 1 aromatic carbocycles. The minimum Gasteiger partial charge on any atom is -0.467 e. The van der Waals surface area contributed by atoms with E-state index in [2.05, 4.69) is 20.7 Å². The van der Waals surface area contributed by atoms with Gasteiger partial charge in [-0.25, -0.2) is 14.0 Å². The lowest BCUT2D eigenvalue weighted by atomic mass is 9.95. The molecule has 1 atom stereocenters. The van der Waals surface area contributed by atoms with Crippen LogP contribution in [0.4, 0.5) is 4.39 Å². The second-order valence-electron chi connectivity index (χ2n) is 4.28. The van der Waals surface area contributed by atoms with Crippen LogP contribution in [0.1, 0.15) is 25.3 Å². The summed E-state index contributed by atoms with van der Waals surface area (Å²) in [6.07, 6.45) is -0.00641. The van der Waals surface area contributed by atoms with Gasteiger partial charge in [0.25, 0.3) is 0 Å². The van der Waals surface area contributed by atoms with Crippen LogP contribution in [-0.4, -0.2) is 24.7 Å². The molecule has 1 unspecified atom stereocenters. The fourth-order valence-electron chi connectivity index (χ4n) is 1.58.